The Morgan fingerprint density at radius 2 is 1.56 bits per heavy atom. The fourth-order valence-corrected chi connectivity index (χ4v) is 2.79. The summed E-state index contributed by atoms with van der Waals surface area (Å²) in [6.07, 6.45) is 5.51. The Morgan fingerprint density at radius 3 is 2.11 bits per heavy atom. The van der Waals surface area contributed by atoms with Gasteiger partial charge in [-0.05, 0) is 57.9 Å². The maximum Gasteiger partial charge on any atom is 0.0879 e. The third-order valence-corrected chi connectivity index (χ3v) is 4.17. The molecule has 2 rings (SSSR count). The standard InChI is InChI=1S/C17H26O/c1-13-5-9-15(10-6-13)17(3,4)18-16-11-7-14(2)8-12-16/h5-6,9-10,14,16H,7-8,11-12H2,1-4H3. The lowest BCUT2D eigenvalue weighted by molar-refractivity contribution is -0.0927. The summed E-state index contributed by atoms with van der Waals surface area (Å²) in [7, 11) is 0. The SMILES string of the molecule is Cc1ccc(C(C)(C)OC2CCC(C)CC2)cc1. The molecule has 0 unspecified atom stereocenters. The van der Waals surface area contributed by atoms with Gasteiger partial charge in [0.2, 0.25) is 0 Å². The molecule has 0 spiro atoms. The topological polar surface area (TPSA) is 9.23 Å². The van der Waals surface area contributed by atoms with Gasteiger partial charge in [0.25, 0.3) is 0 Å². The van der Waals surface area contributed by atoms with Gasteiger partial charge in [0.1, 0.15) is 0 Å². The Kier molecular flexibility index (Phi) is 4.11. The molecule has 0 amide bonds. The monoisotopic (exact) mass is 246 g/mol. The molecule has 1 heteroatoms. The highest BCUT2D eigenvalue weighted by molar-refractivity contribution is 5.25. The van der Waals surface area contributed by atoms with Crippen LogP contribution in [0.1, 0.15) is 57.6 Å². The van der Waals surface area contributed by atoms with Gasteiger partial charge in [0.05, 0.1) is 11.7 Å². The van der Waals surface area contributed by atoms with Crippen molar-refractivity contribution in [3.63, 3.8) is 0 Å². The van der Waals surface area contributed by atoms with E-state index in [2.05, 4.69) is 52.0 Å². The van der Waals surface area contributed by atoms with Crippen molar-refractivity contribution in [2.24, 2.45) is 5.92 Å². The molecule has 0 N–H and O–H groups in total. The van der Waals surface area contributed by atoms with Gasteiger partial charge < -0.3 is 4.74 Å². The second-order valence-electron chi connectivity index (χ2n) is 6.38. The molecule has 0 aliphatic heterocycles. The maximum atomic E-state index is 6.35. The molecule has 0 aromatic heterocycles. The molecule has 0 heterocycles. The van der Waals surface area contributed by atoms with Crippen LogP contribution in [0.15, 0.2) is 24.3 Å². The zero-order valence-corrected chi connectivity index (χ0v) is 12.2. The maximum absolute atomic E-state index is 6.35. The number of rotatable bonds is 3. The van der Waals surface area contributed by atoms with Gasteiger partial charge in [-0.15, -0.1) is 0 Å². The highest BCUT2D eigenvalue weighted by Gasteiger charge is 2.28. The molecular formula is C17H26O. The number of ether oxygens (including phenoxy) is 1. The van der Waals surface area contributed by atoms with Crippen molar-refractivity contribution in [3.8, 4) is 0 Å². The molecule has 100 valence electrons. The third-order valence-electron chi connectivity index (χ3n) is 4.17. The van der Waals surface area contributed by atoms with E-state index in [4.69, 9.17) is 4.74 Å². The van der Waals surface area contributed by atoms with E-state index in [1.54, 1.807) is 0 Å². The zero-order valence-electron chi connectivity index (χ0n) is 12.2. The lowest BCUT2D eigenvalue weighted by atomic mass is 9.88. The van der Waals surface area contributed by atoms with E-state index in [9.17, 15) is 0 Å². The van der Waals surface area contributed by atoms with Gasteiger partial charge >= 0.3 is 0 Å². The highest BCUT2D eigenvalue weighted by atomic mass is 16.5. The van der Waals surface area contributed by atoms with Crippen LogP contribution in [-0.2, 0) is 10.3 Å². The van der Waals surface area contributed by atoms with Crippen LogP contribution in [0.4, 0.5) is 0 Å². The minimum absolute atomic E-state index is 0.168. The van der Waals surface area contributed by atoms with Gasteiger partial charge in [0.15, 0.2) is 0 Å². The molecule has 1 aliphatic rings. The molecule has 1 fully saturated rings. The zero-order chi connectivity index (χ0) is 13.2. The molecule has 18 heavy (non-hydrogen) atoms. The van der Waals surface area contributed by atoms with Crippen LogP contribution < -0.4 is 0 Å². The molecule has 0 atom stereocenters. The van der Waals surface area contributed by atoms with Crippen LogP contribution in [0.3, 0.4) is 0 Å². The minimum atomic E-state index is -0.168. The lowest BCUT2D eigenvalue weighted by Gasteiger charge is -2.35. The molecule has 1 saturated carbocycles. The van der Waals surface area contributed by atoms with Crippen LogP contribution in [0.2, 0.25) is 0 Å². The molecule has 1 aromatic rings. The van der Waals surface area contributed by atoms with Gasteiger partial charge in [-0.2, -0.15) is 0 Å². The first kappa shape index (κ1) is 13.6. The molecule has 0 radical (unpaired) electrons. The minimum Gasteiger partial charge on any atom is -0.368 e. The summed E-state index contributed by atoms with van der Waals surface area (Å²) in [6.45, 7) is 8.85. The van der Waals surface area contributed by atoms with Crippen LogP contribution in [0, 0.1) is 12.8 Å². The number of benzene rings is 1. The second-order valence-corrected chi connectivity index (χ2v) is 6.38. The number of hydrogen-bond acceptors (Lipinski definition) is 1. The van der Waals surface area contributed by atoms with Gasteiger partial charge in [0, 0.05) is 0 Å². The first-order valence-electron chi connectivity index (χ1n) is 7.22. The van der Waals surface area contributed by atoms with Gasteiger partial charge in [-0.25, -0.2) is 0 Å². The highest BCUT2D eigenvalue weighted by Crippen LogP contribution is 2.33. The van der Waals surface area contributed by atoms with Crippen molar-refractivity contribution in [2.75, 3.05) is 0 Å². The van der Waals surface area contributed by atoms with Crippen LogP contribution >= 0.6 is 0 Å². The molecule has 1 aliphatic carbocycles. The first-order valence-corrected chi connectivity index (χ1v) is 7.22. The van der Waals surface area contributed by atoms with Crippen molar-refractivity contribution < 1.29 is 4.74 Å². The van der Waals surface area contributed by atoms with Gasteiger partial charge in [-0.3, -0.25) is 0 Å². The van der Waals surface area contributed by atoms with E-state index in [1.165, 1.54) is 36.8 Å². The van der Waals surface area contributed by atoms with Crippen molar-refractivity contribution >= 4 is 0 Å². The lowest BCUT2D eigenvalue weighted by Crippen LogP contribution is -2.31. The predicted molar refractivity (Wildman–Crippen MR) is 76.7 cm³/mol. The first-order chi connectivity index (χ1) is 8.47. The van der Waals surface area contributed by atoms with E-state index in [0.29, 0.717) is 6.10 Å². The summed E-state index contributed by atoms with van der Waals surface area (Å²) in [5, 5.41) is 0. The summed E-state index contributed by atoms with van der Waals surface area (Å²) in [6, 6.07) is 8.73. The van der Waals surface area contributed by atoms with Crippen LogP contribution in [0.25, 0.3) is 0 Å². The Balaban J connectivity index is 2.00. The second kappa shape index (κ2) is 5.44. The van der Waals surface area contributed by atoms with E-state index in [-0.39, 0.29) is 5.60 Å². The summed E-state index contributed by atoms with van der Waals surface area (Å²) in [4.78, 5) is 0. The Morgan fingerprint density at radius 1 is 1.00 bits per heavy atom. The van der Waals surface area contributed by atoms with E-state index < -0.39 is 0 Å². The Hall–Kier alpha value is -0.820. The fourth-order valence-electron chi connectivity index (χ4n) is 2.79. The Bertz CT molecular complexity index is 369. The average Bonchev–Trinajstić information content (AvgIpc) is 2.32. The van der Waals surface area contributed by atoms with Crippen molar-refractivity contribution in [2.45, 2.75) is 65.1 Å². The van der Waals surface area contributed by atoms with Crippen LogP contribution in [-0.4, -0.2) is 6.10 Å². The van der Waals surface area contributed by atoms with E-state index in [1.807, 2.05) is 0 Å². The smallest absolute Gasteiger partial charge is 0.0879 e. The van der Waals surface area contributed by atoms with E-state index in [0.717, 1.165) is 5.92 Å². The van der Waals surface area contributed by atoms with Crippen molar-refractivity contribution in [1.29, 1.82) is 0 Å². The summed E-state index contributed by atoms with van der Waals surface area (Å²) < 4.78 is 6.35. The molecule has 0 bridgehead atoms. The normalized spacial score (nSPS) is 25.1. The van der Waals surface area contributed by atoms with Crippen molar-refractivity contribution in [1.82, 2.24) is 0 Å². The summed E-state index contributed by atoms with van der Waals surface area (Å²) in [5.41, 5.74) is 2.42. The molecule has 1 nitrogen and oxygen atoms in total. The molecular weight excluding hydrogens is 220 g/mol. The summed E-state index contributed by atoms with van der Waals surface area (Å²) >= 11 is 0. The van der Waals surface area contributed by atoms with Crippen LogP contribution in [0.5, 0.6) is 0 Å². The van der Waals surface area contributed by atoms with Crippen molar-refractivity contribution in [3.05, 3.63) is 35.4 Å². The summed E-state index contributed by atoms with van der Waals surface area (Å²) in [5.74, 6) is 0.882. The molecule has 1 aromatic carbocycles. The van der Waals surface area contributed by atoms with Gasteiger partial charge in [-0.1, -0.05) is 36.8 Å². The quantitative estimate of drug-likeness (QED) is 0.742. The molecule has 0 saturated heterocycles. The third kappa shape index (κ3) is 3.35. The number of aryl methyl sites for hydroxylation is 1. The fraction of sp³-hybridized carbons (Fsp3) is 0.647. The predicted octanol–water partition coefficient (Wildman–Crippen LogP) is 4.83. The number of hydrogen-bond donors (Lipinski definition) is 0. The largest absolute Gasteiger partial charge is 0.368 e. The van der Waals surface area contributed by atoms with E-state index >= 15 is 0 Å². The average molecular weight is 246 g/mol. The Labute approximate surface area is 112 Å².